The van der Waals surface area contributed by atoms with E-state index in [0.717, 1.165) is 21.3 Å². The molecule has 3 N–H and O–H groups in total. The van der Waals surface area contributed by atoms with Gasteiger partial charge >= 0.3 is 0 Å². The minimum Gasteiger partial charge on any atom is -0.400 e. The van der Waals surface area contributed by atoms with Crippen LogP contribution in [0, 0.1) is 32.1 Å². The first-order valence-electron chi connectivity index (χ1n) is 3.01. The van der Waals surface area contributed by atoms with E-state index < -0.39 is 0 Å². The molecule has 1 aliphatic rings. The van der Waals surface area contributed by atoms with Gasteiger partial charge in [0.15, 0.2) is 0 Å². The number of hydrogen-bond acceptors (Lipinski definition) is 3. The molecular weight excluding hydrogens is 192 g/mol. The molecule has 0 heterocycles. The van der Waals surface area contributed by atoms with Crippen molar-refractivity contribution in [2.24, 2.45) is 0 Å². The molecule has 5 radical (unpaired) electrons. The topological polar surface area (TPSA) is 60.7 Å². The van der Waals surface area contributed by atoms with Gasteiger partial charge in [-0.25, -0.2) is 0 Å². The van der Waals surface area contributed by atoms with Gasteiger partial charge in [0.2, 0.25) is 0 Å². The van der Waals surface area contributed by atoms with Crippen molar-refractivity contribution in [3.05, 3.63) is 32.1 Å². The Bertz CT molecular complexity index is 25.9. The zero-order chi connectivity index (χ0) is 9.54. The first-order chi connectivity index (χ1) is 5.50. The van der Waals surface area contributed by atoms with Gasteiger partial charge in [-0.1, -0.05) is 0 Å². The van der Waals surface area contributed by atoms with E-state index in [1.165, 1.54) is 0 Å². The fourth-order valence-electron chi connectivity index (χ4n) is 0.321. The van der Waals surface area contributed by atoms with Crippen LogP contribution in [-0.4, -0.2) is 36.6 Å². The van der Waals surface area contributed by atoms with Crippen molar-refractivity contribution in [3.63, 3.8) is 0 Å². The summed E-state index contributed by atoms with van der Waals surface area (Å²) in [4.78, 5) is 0. The maximum Gasteiger partial charge on any atom is 0.0319 e. The SMILES string of the molecule is CO.CO.CO.[CH]1[CH][CH][CH][CH]1.[Ti]. The molecule has 0 aromatic heterocycles. The summed E-state index contributed by atoms with van der Waals surface area (Å²) < 4.78 is 0. The Morgan fingerprint density at radius 2 is 0.583 bits per heavy atom. The molecule has 0 aromatic rings. The van der Waals surface area contributed by atoms with Crippen LogP contribution in [0.25, 0.3) is 0 Å². The van der Waals surface area contributed by atoms with E-state index in [1.807, 2.05) is 32.1 Å². The van der Waals surface area contributed by atoms with Crippen molar-refractivity contribution >= 4 is 0 Å². The van der Waals surface area contributed by atoms with Crippen LogP contribution in [0.3, 0.4) is 0 Å². The van der Waals surface area contributed by atoms with Crippen LogP contribution in [0.15, 0.2) is 0 Å². The summed E-state index contributed by atoms with van der Waals surface area (Å²) in [5.74, 6) is 0. The minimum absolute atomic E-state index is 0. The molecule has 0 spiro atoms. The largest absolute Gasteiger partial charge is 0.400 e. The standard InChI is InChI=1S/C5H5.3CH4O.Ti/c1-2-4-5-3-1;3*1-2;/h1-5H;3*2H,1H3;. The van der Waals surface area contributed by atoms with Gasteiger partial charge in [-0.15, -0.1) is 0 Å². The second-order valence-electron chi connectivity index (χ2n) is 0.962. The monoisotopic (exact) mass is 209 g/mol. The zero-order valence-electron chi connectivity index (χ0n) is 7.73. The van der Waals surface area contributed by atoms with Crippen molar-refractivity contribution < 1.29 is 37.0 Å². The average molecular weight is 209 g/mol. The maximum absolute atomic E-state index is 7.00. The fourth-order valence-corrected chi connectivity index (χ4v) is 0.321. The maximum atomic E-state index is 7.00. The van der Waals surface area contributed by atoms with Crippen LogP contribution in [-0.2, 0) is 21.7 Å². The van der Waals surface area contributed by atoms with Crippen LogP contribution in [0.4, 0.5) is 0 Å². The first-order valence-corrected chi connectivity index (χ1v) is 3.01. The second-order valence-corrected chi connectivity index (χ2v) is 0.962. The molecule has 0 saturated heterocycles. The molecule has 0 aromatic carbocycles. The molecule has 1 fully saturated rings. The Labute approximate surface area is 90.7 Å². The van der Waals surface area contributed by atoms with Gasteiger partial charge in [0.1, 0.15) is 0 Å². The third-order valence-electron chi connectivity index (χ3n) is 0.556. The van der Waals surface area contributed by atoms with Crippen molar-refractivity contribution in [2.45, 2.75) is 0 Å². The Morgan fingerprint density at radius 3 is 0.667 bits per heavy atom. The molecule has 0 bridgehead atoms. The summed E-state index contributed by atoms with van der Waals surface area (Å²) >= 11 is 0. The third-order valence-corrected chi connectivity index (χ3v) is 0.556. The van der Waals surface area contributed by atoms with Gasteiger partial charge in [0.25, 0.3) is 0 Å². The molecule has 0 aliphatic heterocycles. The molecule has 0 unspecified atom stereocenters. The van der Waals surface area contributed by atoms with E-state index in [4.69, 9.17) is 15.3 Å². The Morgan fingerprint density at radius 1 is 0.500 bits per heavy atom. The third kappa shape index (κ3) is 31.2. The molecule has 71 valence electrons. The quantitative estimate of drug-likeness (QED) is 0.486. The number of rotatable bonds is 0. The summed E-state index contributed by atoms with van der Waals surface area (Å²) in [6.45, 7) is 0. The smallest absolute Gasteiger partial charge is 0.0319 e. The van der Waals surface area contributed by atoms with Gasteiger partial charge in [0, 0.05) is 43.0 Å². The van der Waals surface area contributed by atoms with E-state index in [-0.39, 0.29) is 21.7 Å². The molecule has 1 rings (SSSR count). The van der Waals surface area contributed by atoms with E-state index in [1.54, 1.807) is 0 Å². The normalized spacial score (nSPS) is 11.5. The second kappa shape index (κ2) is 41.6. The van der Waals surface area contributed by atoms with Crippen LogP contribution in [0.5, 0.6) is 0 Å². The molecular formula is C8H17O3Ti. The Hall–Kier alpha value is 0.594. The summed E-state index contributed by atoms with van der Waals surface area (Å²) in [6, 6.07) is 0. The first kappa shape index (κ1) is 22.9. The molecule has 12 heavy (non-hydrogen) atoms. The summed E-state index contributed by atoms with van der Waals surface area (Å²) in [7, 11) is 3.00. The van der Waals surface area contributed by atoms with Crippen LogP contribution in [0.2, 0.25) is 0 Å². The summed E-state index contributed by atoms with van der Waals surface area (Å²) in [5, 5.41) is 21.0. The molecule has 1 saturated carbocycles. The molecule has 4 heteroatoms. The average Bonchev–Trinajstić information content (AvgIpc) is 2.71. The zero-order valence-corrected chi connectivity index (χ0v) is 9.29. The predicted octanol–water partition coefficient (Wildman–Crippen LogP) is -0.156. The van der Waals surface area contributed by atoms with Crippen molar-refractivity contribution in [3.8, 4) is 0 Å². The number of aliphatic hydroxyl groups excluding tert-OH is 3. The number of hydrogen-bond donors (Lipinski definition) is 3. The van der Waals surface area contributed by atoms with Gasteiger partial charge < -0.3 is 15.3 Å². The van der Waals surface area contributed by atoms with Crippen LogP contribution >= 0.6 is 0 Å². The van der Waals surface area contributed by atoms with Gasteiger partial charge in [-0.2, -0.15) is 0 Å². The van der Waals surface area contributed by atoms with E-state index >= 15 is 0 Å². The molecule has 3 nitrogen and oxygen atoms in total. The van der Waals surface area contributed by atoms with Crippen LogP contribution < -0.4 is 0 Å². The van der Waals surface area contributed by atoms with Crippen molar-refractivity contribution in [1.29, 1.82) is 0 Å². The van der Waals surface area contributed by atoms with E-state index in [9.17, 15) is 0 Å². The Kier molecular flexibility index (Phi) is 79.4. The van der Waals surface area contributed by atoms with Crippen LogP contribution in [0.1, 0.15) is 0 Å². The van der Waals surface area contributed by atoms with E-state index in [2.05, 4.69) is 0 Å². The molecule has 0 amide bonds. The summed E-state index contributed by atoms with van der Waals surface area (Å²) in [5.41, 5.74) is 0. The molecule has 1 aliphatic carbocycles. The summed E-state index contributed by atoms with van der Waals surface area (Å²) in [6.07, 6.45) is 10.0. The Balaban J connectivity index is -0.0000000406. The number of aliphatic hydroxyl groups is 3. The predicted molar refractivity (Wildman–Crippen MR) is 45.9 cm³/mol. The van der Waals surface area contributed by atoms with Gasteiger partial charge in [0.05, 0.1) is 0 Å². The molecule has 0 atom stereocenters. The van der Waals surface area contributed by atoms with E-state index in [0.29, 0.717) is 0 Å². The fraction of sp³-hybridized carbons (Fsp3) is 0.375. The minimum atomic E-state index is 0. The van der Waals surface area contributed by atoms with Crippen molar-refractivity contribution in [1.82, 2.24) is 0 Å². The van der Waals surface area contributed by atoms with Gasteiger partial charge in [-0.3, -0.25) is 0 Å². The van der Waals surface area contributed by atoms with Crippen molar-refractivity contribution in [2.75, 3.05) is 21.3 Å². The van der Waals surface area contributed by atoms with Gasteiger partial charge in [-0.05, 0) is 32.1 Å².